The lowest BCUT2D eigenvalue weighted by atomic mass is 10.1. The zero-order valence-electron chi connectivity index (χ0n) is 13.2. The maximum Gasteiger partial charge on any atom is 0.191 e. The Morgan fingerprint density at radius 1 is 1.37 bits per heavy atom. The molecule has 0 bridgehead atoms. The molecule has 0 spiro atoms. The number of nitrogens with one attached hydrogen (secondary N) is 2. The number of hydrogen-bond acceptors (Lipinski definition) is 2. The molecule has 0 aromatic heterocycles. The summed E-state index contributed by atoms with van der Waals surface area (Å²) >= 11 is 0. The van der Waals surface area contributed by atoms with Gasteiger partial charge in [-0.05, 0) is 52.1 Å². The zero-order chi connectivity index (χ0) is 14.1. The van der Waals surface area contributed by atoms with E-state index in [2.05, 4.69) is 43.2 Å². The van der Waals surface area contributed by atoms with E-state index in [4.69, 9.17) is 4.99 Å². The number of rotatable bonds is 7. The molecule has 1 rings (SSSR count). The fourth-order valence-electron chi connectivity index (χ4n) is 2.46. The molecule has 1 aliphatic heterocycles. The van der Waals surface area contributed by atoms with E-state index < -0.39 is 0 Å². The van der Waals surface area contributed by atoms with Gasteiger partial charge >= 0.3 is 0 Å². The van der Waals surface area contributed by atoms with Gasteiger partial charge in [-0.2, -0.15) is 0 Å². The summed E-state index contributed by atoms with van der Waals surface area (Å²) in [6.45, 7) is 14.4. The van der Waals surface area contributed by atoms with Crippen LogP contribution in [0.4, 0.5) is 0 Å². The van der Waals surface area contributed by atoms with Crippen LogP contribution in [0, 0.1) is 5.92 Å². The van der Waals surface area contributed by atoms with Crippen molar-refractivity contribution < 1.29 is 0 Å². The number of hydrogen-bond donors (Lipinski definition) is 2. The van der Waals surface area contributed by atoms with Gasteiger partial charge in [-0.3, -0.25) is 4.99 Å². The number of nitrogens with zero attached hydrogens (tertiary/aromatic N) is 2. The lowest BCUT2D eigenvalue weighted by Crippen LogP contribution is -2.42. The van der Waals surface area contributed by atoms with Crippen LogP contribution in [0.5, 0.6) is 0 Å². The summed E-state index contributed by atoms with van der Waals surface area (Å²) in [6, 6.07) is 0.484. The van der Waals surface area contributed by atoms with Crippen LogP contribution in [0.1, 0.15) is 47.0 Å². The van der Waals surface area contributed by atoms with E-state index in [1.807, 2.05) is 0 Å². The Balaban J connectivity index is 2.38. The quantitative estimate of drug-likeness (QED) is 0.548. The standard InChI is InChI=1S/C15H32N4/c1-5-9-19-10-8-14(12-19)11-17-15(16-7-3)18-13(4)6-2/h13-14H,5-12H2,1-4H3,(H2,16,17,18). The first-order valence-corrected chi connectivity index (χ1v) is 7.96. The molecule has 0 aromatic rings. The predicted octanol–water partition coefficient (Wildman–Crippen LogP) is 2.07. The Labute approximate surface area is 119 Å². The Morgan fingerprint density at radius 3 is 2.79 bits per heavy atom. The maximum atomic E-state index is 4.75. The van der Waals surface area contributed by atoms with Crippen LogP contribution < -0.4 is 10.6 Å². The van der Waals surface area contributed by atoms with Crippen molar-refractivity contribution in [3.63, 3.8) is 0 Å². The summed E-state index contributed by atoms with van der Waals surface area (Å²) in [4.78, 5) is 7.31. The number of guanidine groups is 1. The third-order valence-corrected chi connectivity index (χ3v) is 3.76. The van der Waals surface area contributed by atoms with Gasteiger partial charge in [-0.1, -0.05) is 13.8 Å². The van der Waals surface area contributed by atoms with Gasteiger partial charge in [0.25, 0.3) is 0 Å². The summed E-state index contributed by atoms with van der Waals surface area (Å²) in [5.74, 6) is 1.71. The first-order chi connectivity index (χ1) is 9.19. The Hall–Kier alpha value is -0.770. The van der Waals surface area contributed by atoms with Crippen molar-refractivity contribution >= 4 is 5.96 Å². The lowest BCUT2D eigenvalue weighted by Gasteiger charge is -2.17. The molecule has 19 heavy (non-hydrogen) atoms. The fraction of sp³-hybridized carbons (Fsp3) is 0.933. The molecule has 112 valence electrons. The van der Waals surface area contributed by atoms with Gasteiger partial charge in [-0.25, -0.2) is 0 Å². The minimum atomic E-state index is 0.484. The second kappa shape index (κ2) is 9.18. The summed E-state index contributed by atoms with van der Waals surface area (Å²) in [7, 11) is 0. The van der Waals surface area contributed by atoms with Gasteiger partial charge in [0.15, 0.2) is 5.96 Å². The van der Waals surface area contributed by atoms with Gasteiger partial charge < -0.3 is 15.5 Å². The van der Waals surface area contributed by atoms with Crippen LogP contribution in [0.25, 0.3) is 0 Å². The average Bonchev–Trinajstić information content (AvgIpc) is 2.84. The maximum absolute atomic E-state index is 4.75. The van der Waals surface area contributed by atoms with E-state index in [1.54, 1.807) is 0 Å². The molecule has 2 N–H and O–H groups in total. The molecule has 0 saturated carbocycles. The second-order valence-electron chi connectivity index (χ2n) is 5.63. The monoisotopic (exact) mass is 268 g/mol. The van der Waals surface area contributed by atoms with E-state index >= 15 is 0 Å². The minimum absolute atomic E-state index is 0.484. The van der Waals surface area contributed by atoms with Crippen LogP contribution in [0.15, 0.2) is 4.99 Å². The van der Waals surface area contributed by atoms with Gasteiger partial charge in [-0.15, -0.1) is 0 Å². The molecular weight excluding hydrogens is 236 g/mol. The molecule has 1 aliphatic rings. The normalized spacial score (nSPS) is 22.5. The molecule has 1 saturated heterocycles. The van der Waals surface area contributed by atoms with Gasteiger partial charge in [0.05, 0.1) is 0 Å². The Morgan fingerprint density at radius 2 is 2.16 bits per heavy atom. The first-order valence-electron chi connectivity index (χ1n) is 7.96. The third-order valence-electron chi connectivity index (χ3n) is 3.76. The molecule has 0 aliphatic carbocycles. The lowest BCUT2D eigenvalue weighted by molar-refractivity contribution is 0.326. The highest BCUT2D eigenvalue weighted by Gasteiger charge is 2.21. The molecular formula is C15H32N4. The van der Waals surface area contributed by atoms with Gasteiger partial charge in [0.1, 0.15) is 0 Å². The number of likely N-dealkylation sites (tertiary alicyclic amines) is 1. The predicted molar refractivity (Wildman–Crippen MR) is 83.7 cm³/mol. The van der Waals surface area contributed by atoms with Gasteiger partial charge in [0.2, 0.25) is 0 Å². The van der Waals surface area contributed by atoms with E-state index in [9.17, 15) is 0 Å². The molecule has 0 amide bonds. The van der Waals surface area contributed by atoms with Crippen molar-refractivity contribution in [2.24, 2.45) is 10.9 Å². The molecule has 2 unspecified atom stereocenters. The van der Waals surface area contributed by atoms with Crippen molar-refractivity contribution in [3.05, 3.63) is 0 Å². The third kappa shape index (κ3) is 6.28. The number of aliphatic imine (C=N–C) groups is 1. The SMILES string of the molecule is CCCN1CCC(CN=C(NCC)NC(C)CC)C1. The topological polar surface area (TPSA) is 39.7 Å². The van der Waals surface area contributed by atoms with E-state index in [-0.39, 0.29) is 0 Å². The summed E-state index contributed by atoms with van der Waals surface area (Å²) in [5.41, 5.74) is 0. The highest BCUT2D eigenvalue weighted by molar-refractivity contribution is 5.80. The molecule has 4 nitrogen and oxygen atoms in total. The highest BCUT2D eigenvalue weighted by Crippen LogP contribution is 2.16. The fourth-order valence-corrected chi connectivity index (χ4v) is 2.46. The van der Waals surface area contributed by atoms with Crippen molar-refractivity contribution in [3.8, 4) is 0 Å². The van der Waals surface area contributed by atoms with Crippen LogP contribution in [-0.4, -0.2) is 49.6 Å². The van der Waals surface area contributed by atoms with Crippen LogP contribution in [0.2, 0.25) is 0 Å². The first kappa shape index (κ1) is 16.3. The van der Waals surface area contributed by atoms with Gasteiger partial charge in [0, 0.05) is 25.7 Å². The summed E-state index contributed by atoms with van der Waals surface area (Å²) in [5, 5.41) is 6.79. The Kier molecular flexibility index (Phi) is 7.87. The van der Waals surface area contributed by atoms with E-state index in [1.165, 1.54) is 32.5 Å². The molecule has 1 heterocycles. The molecule has 4 heteroatoms. The molecule has 0 radical (unpaired) electrons. The van der Waals surface area contributed by atoms with Crippen LogP contribution in [-0.2, 0) is 0 Å². The van der Waals surface area contributed by atoms with Crippen molar-refractivity contribution in [2.45, 2.75) is 53.0 Å². The van der Waals surface area contributed by atoms with E-state index in [0.29, 0.717) is 6.04 Å². The Bertz CT molecular complexity index is 265. The summed E-state index contributed by atoms with van der Waals surface area (Å²) in [6.07, 6.45) is 3.68. The van der Waals surface area contributed by atoms with Crippen molar-refractivity contribution in [1.82, 2.24) is 15.5 Å². The average molecular weight is 268 g/mol. The van der Waals surface area contributed by atoms with Crippen molar-refractivity contribution in [2.75, 3.05) is 32.7 Å². The smallest absolute Gasteiger partial charge is 0.191 e. The highest BCUT2D eigenvalue weighted by atomic mass is 15.2. The molecule has 0 aromatic carbocycles. The van der Waals surface area contributed by atoms with Crippen LogP contribution >= 0.6 is 0 Å². The second-order valence-corrected chi connectivity index (χ2v) is 5.63. The largest absolute Gasteiger partial charge is 0.357 e. The van der Waals surface area contributed by atoms with E-state index in [0.717, 1.165) is 31.4 Å². The zero-order valence-corrected chi connectivity index (χ0v) is 13.2. The summed E-state index contributed by atoms with van der Waals surface area (Å²) < 4.78 is 0. The molecule has 1 fully saturated rings. The molecule has 2 atom stereocenters. The van der Waals surface area contributed by atoms with Crippen molar-refractivity contribution in [1.29, 1.82) is 0 Å². The minimum Gasteiger partial charge on any atom is -0.357 e. The van der Waals surface area contributed by atoms with Crippen LogP contribution in [0.3, 0.4) is 0 Å².